The second kappa shape index (κ2) is 6.38. The van der Waals surface area contributed by atoms with Crippen molar-refractivity contribution in [2.45, 2.75) is 19.9 Å². The molecule has 0 N–H and O–H groups in total. The molecule has 25 heavy (non-hydrogen) atoms. The van der Waals surface area contributed by atoms with Gasteiger partial charge in [-0.15, -0.1) is 5.10 Å². The first-order valence-corrected chi connectivity index (χ1v) is 7.38. The van der Waals surface area contributed by atoms with Crippen LogP contribution in [0.4, 0.5) is 8.78 Å². The normalized spacial score (nSPS) is 12.3. The molecular weight excluding hydrogens is 336 g/mol. The number of fused-ring (bicyclic) bond motifs is 1. The number of hydrogen-bond donors (Lipinski definition) is 0. The third-order valence-corrected chi connectivity index (χ3v) is 3.57. The number of nitrogens with zero attached hydrogens (tertiary/aromatic N) is 5. The lowest BCUT2D eigenvalue weighted by molar-refractivity contribution is -0.146. The summed E-state index contributed by atoms with van der Waals surface area (Å²) in [5.41, 5.74) is -0.892. The predicted octanol–water partition coefficient (Wildman–Crippen LogP) is 1.38. The molecule has 3 rings (SSSR count). The summed E-state index contributed by atoms with van der Waals surface area (Å²) in [7, 11) is 0. The van der Waals surface area contributed by atoms with Crippen LogP contribution in [0.15, 0.2) is 29.3 Å². The molecule has 0 unspecified atom stereocenters. The number of benzene rings is 1. The molecule has 2 aromatic heterocycles. The minimum absolute atomic E-state index is 0.0113. The fourth-order valence-corrected chi connectivity index (χ4v) is 2.29. The molecule has 2 heterocycles. The number of ether oxygens (including phenoxy) is 1. The van der Waals surface area contributed by atoms with E-state index in [9.17, 15) is 18.4 Å². The monoisotopic (exact) mass is 349 g/mol. The van der Waals surface area contributed by atoms with Gasteiger partial charge in [-0.1, -0.05) is 5.21 Å². The molecule has 0 saturated carbocycles. The Labute approximate surface area is 139 Å². The maximum Gasteiger partial charge on any atom is 0.328 e. The summed E-state index contributed by atoms with van der Waals surface area (Å²) in [4.78, 5) is 28.3. The molecule has 0 fully saturated rings. The maximum absolute atomic E-state index is 13.9. The summed E-state index contributed by atoms with van der Waals surface area (Å²) in [6.45, 7) is 3.31. The summed E-state index contributed by atoms with van der Waals surface area (Å²) in [6, 6.07) is 1.99. The first kappa shape index (κ1) is 16.7. The molecule has 3 aromatic rings. The smallest absolute Gasteiger partial charge is 0.328 e. The van der Waals surface area contributed by atoms with Gasteiger partial charge in [-0.25, -0.2) is 18.6 Å². The van der Waals surface area contributed by atoms with Gasteiger partial charge in [-0.05, 0) is 26.0 Å². The van der Waals surface area contributed by atoms with Crippen LogP contribution in [-0.4, -0.2) is 37.1 Å². The van der Waals surface area contributed by atoms with Gasteiger partial charge in [0, 0.05) is 6.07 Å². The van der Waals surface area contributed by atoms with Crippen LogP contribution in [0.3, 0.4) is 0 Å². The first-order valence-electron chi connectivity index (χ1n) is 7.38. The molecule has 0 aliphatic rings. The molecule has 0 aliphatic heterocycles. The highest BCUT2D eigenvalue weighted by molar-refractivity contribution is 5.75. The van der Waals surface area contributed by atoms with E-state index in [4.69, 9.17) is 4.74 Å². The Hall–Kier alpha value is -3.17. The summed E-state index contributed by atoms with van der Waals surface area (Å²) in [6.07, 6.45) is 1.13. The number of carbonyl (C=O) groups excluding carboxylic acids is 1. The van der Waals surface area contributed by atoms with Crippen molar-refractivity contribution >= 4 is 17.1 Å². The van der Waals surface area contributed by atoms with Gasteiger partial charge in [0.15, 0.2) is 17.0 Å². The van der Waals surface area contributed by atoms with E-state index in [1.807, 2.05) is 0 Å². The molecule has 0 spiro atoms. The largest absolute Gasteiger partial charge is 0.464 e. The lowest BCUT2D eigenvalue weighted by atomic mass is 10.3. The zero-order valence-corrected chi connectivity index (χ0v) is 13.3. The fraction of sp³-hybridized carbons (Fsp3) is 0.267. The summed E-state index contributed by atoms with van der Waals surface area (Å²) < 4.78 is 33.9. The van der Waals surface area contributed by atoms with E-state index in [2.05, 4.69) is 15.3 Å². The Bertz CT molecular complexity index is 1010. The van der Waals surface area contributed by atoms with Crippen molar-refractivity contribution in [3.8, 4) is 5.69 Å². The Balaban J connectivity index is 2.11. The van der Waals surface area contributed by atoms with Crippen molar-refractivity contribution in [3.05, 3.63) is 46.5 Å². The van der Waals surface area contributed by atoms with Gasteiger partial charge in [0.25, 0.3) is 5.56 Å². The summed E-state index contributed by atoms with van der Waals surface area (Å²) in [5.74, 6) is -2.22. The lowest BCUT2D eigenvalue weighted by Gasteiger charge is -2.12. The van der Waals surface area contributed by atoms with Gasteiger partial charge in [-0.3, -0.25) is 9.36 Å². The third-order valence-electron chi connectivity index (χ3n) is 3.57. The number of hydrogen-bond acceptors (Lipinski definition) is 6. The van der Waals surface area contributed by atoms with Crippen molar-refractivity contribution in [2.24, 2.45) is 0 Å². The van der Waals surface area contributed by atoms with Crippen LogP contribution >= 0.6 is 0 Å². The van der Waals surface area contributed by atoms with Crippen LogP contribution < -0.4 is 5.56 Å². The van der Waals surface area contributed by atoms with Crippen LogP contribution in [0.5, 0.6) is 0 Å². The van der Waals surface area contributed by atoms with Gasteiger partial charge in [0.1, 0.15) is 23.9 Å². The zero-order valence-electron chi connectivity index (χ0n) is 13.3. The van der Waals surface area contributed by atoms with E-state index < -0.39 is 29.2 Å². The molecule has 8 nitrogen and oxygen atoms in total. The third kappa shape index (κ3) is 2.86. The van der Waals surface area contributed by atoms with E-state index in [0.717, 1.165) is 27.7 Å². The Morgan fingerprint density at radius 1 is 1.36 bits per heavy atom. The second-order valence-corrected chi connectivity index (χ2v) is 5.15. The van der Waals surface area contributed by atoms with Crippen LogP contribution in [0.2, 0.25) is 0 Å². The SMILES string of the molecule is CCOC(=O)[C@@H](C)n1cnc2c(nnn2-c2ccc(F)cc2F)c1=O. The van der Waals surface area contributed by atoms with Crippen molar-refractivity contribution < 1.29 is 18.3 Å². The molecule has 0 aliphatic carbocycles. The molecule has 0 amide bonds. The second-order valence-electron chi connectivity index (χ2n) is 5.15. The summed E-state index contributed by atoms with van der Waals surface area (Å²) >= 11 is 0. The Morgan fingerprint density at radius 3 is 2.80 bits per heavy atom. The lowest BCUT2D eigenvalue weighted by Crippen LogP contribution is -2.29. The van der Waals surface area contributed by atoms with Gasteiger partial charge < -0.3 is 4.74 Å². The predicted molar refractivity (Wildman–Crippen MR) is 82.2 cm³/mol. The van der Waals surface area contributed by atoms with E-state index in [1.54, 1.807) is 6.92 Å². The molecule has 0 saturated heterocycles. The highest BCUT2D eigenvalue weighted by Crippen LogP contribution is 2.17. The van der Waals surface area contributed by atoms with E-state index in [1.165, 1.54) is 6.92 Å². The number of aromatic nitrogens is 5. The Morgan fingerprint density at radius 2 is 2.12 bits per heavy atom. The molecule has 10 heteroatoms. The van der Waals surface area contributed by atoms with Crippen LogP contribution in [0, 0.1) is 11.6 Å². The van der Waals surface area contributed by atoms with Crippen molar-refractivity contribution in [1.82, 2.24) is 24.5 Å². The van der Waals surface area contributed by atoms with E-state index in [-0.39, 0.29) is 23.5 Å². The van der Waals surface area contributed by atoms with Crippen molar-refractivity contribution in [3.63, 3.8) is 0 Å². The topological polar surface area (TPSA) is 91.9 Å². The van der Waals surface area contributed by atoms with Crippen LogP contribution in [0.1, 0.15) is 19.9 Å². The molecule has 1 aromatic carbocycles. The molecule has 0 radical (unpaired) electrons. The van der Waals surface area contributed by atoms with Gasteiger partial charge in [-0.2, -0.15) is 4.68 Å². The number of carbonyl (C=O) groups is 1. The van der Waals surface area contributed by atoms with Gasteiger partial charge >= 0.3 is 5.97 Å². The van der Waals surface area contributed by atoms with Gasteiger partial charge in [0.2, 0.25) is 0 Å². The summed E-state index contributed by atoms with van der Waals surface area (Å²) in [5, 5.41) is 7.42. The van der Waals surface area contributed by atoms with Crippen LogP contribution in [-0.2, 0) is 9.53 Å². The average molecular weight is 349 g/mol. The minimum Gasteiger partial charge on any atom is -0.464 e. The zero-order chi connectivity index (χ0) is 18.1. The fourth-order valence-electron chi connectivity index (χ4n) is 2.29. The standard InChI is InChI=1S/C15H13F2N5O3/c1-3-25-15(24)8(2)21-7-18-13-12(14(21)23)19-20-22(13)11-5-4-9(16)6-10(11)17/h4-8H,3H2,1-2H3/t8-/m1/s1. The molecule has 0 bridgehead atoms. The molecular formula is C15H13F2N5O3. The minimum atomic E-state index is -0.906. The quantitative estimate of drug-likeness (QED) is 0.661. The average Bonchev–Trinajstić information content (AvgIpc) is 2.99. The maximum atomic E-state index is 13.9. The molecule has 1 atom stereocenters. The number of rotatable bonds is 4. The Kier molecular flexibility index (Phi) is 4.26. The highest BCUT2D eigenvalue weighted by Gasteiger charge is 2.22. The van der Waals surface area contributed by atoms with Gasteiger partial charge in [0.05, 0.1) is 6.61 Å². The number of esters is 1. The van der Waals surface area contributed by atoms with E-state index in [0.29, 0.717) is 6.07 Å². The van der Waals surface area contributed by atoms with Crippen LogP contribution in [0.25, 0.3) is 16.9 Å². The van der Waals surface area contributed by atoms with E-state index >= 15 is 0 Å². The van der Waals surface area contributed by atoms with Crippen molar-refractivity contribution in [2.75, 3.05) is 6.61 Å². The van der Waals surface area contributed by atoms with Crippen molar-refractivity contribution in [1.29, 1.82) is 0 Å². The highest BCUT2D eigenvalue weighted by atomic mass is 19.1. The molecule has 130 valence electrons. The number of halogens is 2. The first-order chi connectivity index (χ1) is 11.9.